The molecule has 1 aliphatic carbocycles. The summed E-state index contributed by atoms with van der Waals surface area (Å²) in [6.07, 6.45) is 7.73. The Balaban J connectivity index is 1.67. The molecule has 3 rings (SSSR count). The fourth-order valence-electron chi connectivity index (χ4n) is 3.79. The summed E-state index contributed by atoms with van der Waals surface area (Å²) in [6, 6.07) is 3.11. The van der Waals surface area contributed by atoms with Crippen molar-refractivity contribution in [1.29, 1.82) is 0 Å². The number of hydrogen-bond donors (Lipinski definition) is 1. The molecule has 1 aromatic heterocycles. The van der Waals surface area contributed by atoms with Crippen molar-refractivity contribution >= 4 is 5.69 Å². The maximum atomic E-state index is 4.45. The van der Waals surface area contributed by atoms with E-state index >= 15 is 0 Å². The van der Waals surface area contributed by atoms with Gasteiger partial charge in [-0.05, 0) is 32.9 Å². The predicted molar refractivity (Wildman–Crippen MR) is 87.8 cm³/mol. The fraction of sp³-hybridized carbons (Fsp3) is 0.706. The van der Waals surface area contributed by atoms with E-state index < -0.39 is 0 Å². The lowest BCUT2D eigenvalue weighted by atomic mass is 10.1. The molecule has 0 unspecified atom stereocenters. The van der Waals surface area contributed by atoms with E-state index in [1.807, 2.05) is 13.2 Å². The van der Waals surface area contributed by atoms with Gasteiger partial charge in [0.25, 0.3) is 0 Å². The van der Waals surface area contributed by atoms with Crippen molar-refractivity contribution in [2.75, 3.05) is 38.1 Å². The molecular formula is C17H28N4. The highest BCUT2D eigenvalue weighted by Crippen LogP contribution is 2.27. The average Bonchev–Trinajstić information content (AvgIpc) is 3.04. The highest BCUT2D eigenvalue weighted by Gasteiger charge is 2.26. The van der Waals surface area contributed by atoms with Crippen molar-refractivity contribution in [2.24, 2.45) is 0 Å². The maximum absolute atomic E-state index is 4.45. The van der Waals surface area contributed by atoms with Gasteiger partial charge in [0.15, 0.2) is 0 Å². The summed E-state index contributed by atoms with van der Waals surface area (Å²) in [6.45, 7) is 7.70. The summed E-state index contributed by atoms with van der Waals surface area (Å²) in [7, 11) is 2.00. The zero-order valence-corrected chi connectivity index (χ0v) is 13.4. The monoisotopic (exact) mass is 288 g/mol. The lowest BCUT2D eigenvalue weighted by Crippen LogP contribution is -2.50. The van der Waals surface area contributed by atoms with Crippen LogP contribution in [0, 0.1) is 6.92 Å². The molecule has 2 fully saturated rings. The number of nitrogens with one attached hydrogen (secondary N) is 1. The van der Waals surface area contributed by atoms with Gasteiger partial charge in [-0.1, -0.05) is 12.8 Å². The zero-order chi connectivity index (χ0) is 14.7. The zero-order valence-electron chi connectivity index (χ0n) is 13.4. The van der Waals surface area contributed by atoms with Crippen LogP contribution < -0.4 is 10.2 Å². The molecule has 2 aliphatic rings. The number of piperazine rings is 1. The van der Waals surface area contributed by atoms with Gasteiger partial charge in [0.05, 0.1) is 0 Å². The van der Waals surface area contributed by atoms with Crippen LogP contribution in [-0.2, 0) is 6.54 Å². The summed E-state index contributed by atoms with van der Waals surface area (Å²) >= 11 is 0. The lowest BCUT2D eigenvalue weighted by Gasteiger charge is -2.39. The molecule has 0 spiro atoms. The molecule has 2 heterocycles. The third-order valence-electron chi connectivity index (χ3n) is 4.96. The molecule has 1 saturated heterocycles. The standard InChI is InChI=1S/C17H28N4/c1-14-11-17(15(12-18-2)13-19-14)21-9-7-20(8-10-21)16-5-3-4-6-16/h11,13,16,18H,3-10,12H2,1-2H3. The van der Waals surface area contributed by atoms with E-state index in [1.165, 1.54) is 50.0 Å². The highest BCUT2D eigenvalue weighted by molar-refractivity contribution is 5.54. The van der Waals surface area contributed by atoms with E-state index in [0.717, 1.165) is 31.4 Å². The summed E-state index contributed by atoms with van der Waals surface area (Å²) in [5.41, 5.74) is 3.81. The van der Waals surface area contributed by atoms with Crippen LogP contribution in [0.15, 0.2) is 12.3 Å². The van der Waals surface area contributed by atoms with Crippen LogP contribution >= 0.6 is 0 Å². The molecule has 1 aliphatic heterocycles. The summed E-state index contributed by atoms with van der Waals surface area (Å²) in [5, 5.41) is 3.26. The van der Waals surface area contributed by atoms with Gasteiger partial charge in [0, 0.05) is 61.9 Å². The van der Waals surface area contributed by atoms with Crippen LogP contribution in [0.4, 0.5) is 5.69 Å². The number of hydrogen-bond acceptors (Lipinski definition) is 4. The van der Waals surface area contributed by atoms with Gasteiger partial charge in [0.1, 0.15) is 0 Å². The van der Waals surface area contributed by atoms with Crippen molar-refractivity contribution in [3.05, 3.63) is 23.5 Å². The van der Waals surface area contributed by atoms with Gasteiger partial charge in [0.2, 0.25) is 0 Å². The topological polar surface area (TPSA) is 31.4 Å². The van der Waals surface area contributed by atoms with Crippen LogP contribution in [-0.4, -0.2) is 49.2 Å². The Kier molecular flexibility index (Phi) is 4.76. The average molecular weight is 288 g/mol. The molecule has 4 heteroatoms. The Labute approximate surface area is 128 Å². The molecule has 1 N–H and O–H groups in total. The smallest absolute Gasteiger partial charge is 0.0446 e. The summed E-state index contributed by atoms with van der Waals surface area (Å²) in [4.78, 5) is 9.72. The first-order chi connectivity index (χ1) is 10.3. The van der Waals surface area contributed by atoms with E-state index in [9.17, 15) is 0 Å². The number of aromatic nitrogens is 1. The molecule has 0 amide bonds. The molecule has 1 saturated carbocycles. The summed E-state index contributed by atoms with van der Waals surface area (Å²) in [5.74, 6) is 0. The lowest BCUT2D eigenvalue weighted by molar-refractivity contribution is 0.187. The Hall–Kier alpha value is -1.13. The molecular weight excluding hydrogens is 260 g/mol. The second-order valence-electron chi connectivity index (χ2n) is 6.45. The van der Waals surface area contributed by atoms with Crippen LogP contribution in [0.3, 0.4) is 0 Å². The molecule has 21 heavy (non-hydrogen) atoms. The van der Waals surface area contributed by atoms with Crippen LogP contribution in [0.25, 0.3) is 0 Å². The number of anilines is 1. The third-order valence-corrected chi connectivity index (χ3v) is 4.96. The third kappa shape index (κ3) is 3.38. The molecule has 1 aromatic rings. The predicted octanol–water partition coefficient (Wildman–Crippen LogP) is 2.17. The first kappa shape index (κ1) is 14.8. The van der Waals surface area contributed by atoms with Crippen LogP contribution in [0.5, 0.6) is 0 Å². The van der Waals surface area contributed by atoms with E-state index in [4.69, 9.17) is 0 Å². The molecule has 0 radical (unpaired) electrons. The minimum Gasteiger partial charge on any atom is -0.369 e. The van der Waals surface area contributed by atoms with E-state index in [2.05, 4.69) is 33.1 Å². The van der Waals surface area contributed by atoms with Gasteiger partial charge in [-0.25, -0.2) is 0 Å². The molecule has 0 bridgehead atoms. The minimum atomic E-state index is 0.864. The minimum absolute atomic E-state index is 0.864. The molecule has 4 nitrogen and oxygen atoms in total. The van der Waals surface area contributed by atoms with E-state index in [1.54, 1.807) is 0 Å². The Bertz CT molecular complexity index is 460. The van der Waals surface area contributed by atoms with Crippen LogP contribution in [0.1, 0.15) is 36.9 Å². The Morgan fingerprint density at radius 3 is 2.57 bits per heavy atom. The van der Waals surface area contributed by atoms with Gasteiger partial charge >= 0.3 is 0 Å². The maximum Gasteiger partial charge on any atom is 0.0446 e. The van der Waals surface area contributed by atoms with Crippen molar-refractivity contribution in [1.82, 2.24) is 15.2 Å². The number of rotatable bonds is 4. The first-order valence-corrected chi connectivity index (χ1v) is 8.37. The Morgan fingerprint density at radius 2 is 1.90 bits per heavy atom. The molecule has 0 aromatic carbocycles. The highest BCUT2D eigenvalue weighted by atomic mass is 15.3. The molecule has 0 atom stereocenters. The van der Waals surface area contributed by atoms with Crippen molar-refractivity contribution in [2.45, 2.75) is 45.2 Å². The van der Waals surface area contributed by atoms with E-state index in [0.29, 0.717) is 0 Å². The van der Waals surface area contributed by atoms with Crippen LogP contribution in [0.2, 0.25) is 0 Å². The normalized spacial score (nSPS) is 21.1. The van der Waals surface area contributed by atoms with Gasteiger partial charge < -0.3 is 10.2 Å². The second-order valence-corrected chi connectivity index (χ2v) is 6.45. The second kappa shape index (κ2) is 6.75. The molecule has 116 valence electrons. The van der Waals surface area contributed by atoms with Gasteiger partial charge in [-0.3, -0.25) is 9.88 Å². The van der Waals surface area contributed by atoms with Crippen molar-refractivity contribution < 1.29 is 0 Å². The first-order valence-electron chi connectivity index (χ1n) is 8.37. The van der Waals surface area contributed by atoms with Gasteiger partial charge in [-0.15, -0.1) is 0 Å². The van der Waals surface area contributed by atoms with Gasteiger partial charge in [-0.2, -0.15) is 0 Å². The van der Waals surface area contributed by atoms with E-state index in [-0.39, 0.29) is 0 Å². The Morgan fingerprint density at radius 1 is 1.19 bits per heavy atom. The largest absolute Gasteiger partial charge is 0.369 e. The van der Waals surface area contributed by atoms with Crippen molar-refractivity contribution in [3.8, 4) is 0 Å². The number of aryl methyl sites for hydroxylation is 1. The number of pyridine rings is 1. The quantitative estimate of drug-likeness (QED) is 0.920. The number of nitrogens with zero attached hydrogens (tertiary/aromatic N) is 3. The SMILES string of the molecule is CNCc1cnc(C)cc1N1CCN(C2CCCC2)CC1. The summed E-state index contributed by atoms with van der Waals surface area (Å²) < 4.78 is 0. The van der Waals surface area contributed by atoms with Crippen molar-refractivity contribution in [3.63, 3.8) is 0 Å². The fourth-order valence-corrected chi connectivity index (χ4v) is 3.79.